The molecule has 0 atom stereocenters. The summed E-state index contributed by atoms with van der Waals surface area (Å²) in [6.07, 6.45) is 0. The molecule has 6 nitrogen and oxygen atoms in total. The third-order valence-corrected chi connectivity index (χ3v) is 3.55. The molecule has 2 aromatic rings. The van der Waals surface area contributed by atoms with E-state index in [1.54, 1.807) is 18.2 Å². The standard InChI is InChI=1S/C16H18N2O4/c1-10-4-7-13(18(10)2)15(19)17-9-11-5-6-12(16(20)21)14(8-11)22-3/h4-8H,9H2,1-3H3,(H,17,19)(H,20,21). The predicted octanol–water partition coefficient (Wildman–Crippen LogP) is 1.97. The second-order valence-electron chi connectivity index (χ2n) is 4.94. The smallest absolute Gasteiger partial charge is 0.339 e. The van der Waals surface area contributed by atoms with Crippen molar-refractivity contribution in [1.29, 1.82) is 0 Å². The van der Waals surface area contributed by atoms with Gasteiger partial charge in [-0.25, -0.2) is 4.79 Å². The fourth-order valence-electron chi connectivity index (χ4n) is 2.14. The monoisotopic (exact) mass is 302 g/mol. The Kier molecular flexibility index (Phi) is 4.50. The van der Waals surface area contributed by atoms with Gasteiger partial charge in [0.15, 0.2) is 0 Å². The summed E-state index contributed by atoms with van der Waals surface area (Å²) in [4.78, 5) is 23.2. The van der Waals surface area contributed by atoms with Crippen LogP contribution in [0.4, 0.5) is 0 Å². The lowest BCUT2D eigenvalue weighted by Gasteiger charge is -2.10. The summed E-state index contributed by atoms with van der Waals surface area (Å²) in [6.45, 7) is 2.21. The van der Waals surface area contributed by atoms with E-state index in [1.165, 1.54) is 13.2 Å². The normalized spacial score (nSPS) is 10.3. The molecular weight excluding hydrogens is 284 g/mol. The highest BCUT2D eigenvalue weighted by Crippen LogP contribution is 2.20. The summed E-state index contributed by atoms with van der Waals surface area (Å²) in [5.41, 5.74) is 2.43. The molecule has 0 spiro atoms. The molecule has 0 fully saturated rings. The van der Waals surface area contributed by atoms with Crippen LogP contribution in [0.2, 0.25) is 0 Å². The Morgan fingerprint density at radius 3 is 2.55 bits per heavy atom. The second kappa shape index (κ2) is 6.34. The van der Waals surface area contributed by atoms with Gasteiger partial charge in [0.05, 0.1) is 7.11 Å². The number of benzene rings is 1. The first-order valence-electron chi connectivity index (χ1n) is 6.74. The molecule has 0 bridgehead atoms. The molecule has 0 aliphatic heterocycles. The van der Waals surface area contributed by atoms with Gasteiger partial charge in [-0.15, -0.1) is 0 Å². The minimum absolute atomic E-state index is 0.0932. The van der Waals surface area contributed by atoms with Crippen LogP contribution in [0.5, 0.6) is 5.75 Å². The zero-order chi connectivity index (χ0) is 16.3. The van der Waals surface area contributed by atoms with Crippen molar-refractivity contribution < 1.29 is 19.4 Å². The number of nitrogens with one attached hydrogen (secondary N) is 1. The quantitative estimate of drug-likeness (QED) is 0.885. The molecule has 1 amide bonds. The van der Waals surface area contributed by atoms with Gasteiger partial charge in [0, 0.05) is 19.3 Å². The molecule has 0 aliphatic carbocycles. The van der Waals surface area contributed by atoms with Gasteiger partial charge in [0.2, 0.25) is 0 Å². The lowest BCUT2D eigenvalue weighted by atomic mass is 10.1. The molecule has 0 aliphatic rings. The van der Waals surface area contributed by atoms with E-state index in [0.717, 1.165) is 11.3 Å². The van der Waals surface area contributed by atoms with Gasteiger partial charge < -0.3 is 19.7 Å². The zero-order valence-electron chi connectivity index (χ0n) is 12.7. The van der Waals surface area contributed by atoms with Crippen molar-refractivity contribution in [3.8, 4) is 5.75 Å². The number of aromatic carboxylic acids is 1. The molecule has 1 heterocycles. The van der Waals surface area contributed by atoms with E-state index in [2.05, 4.69) is 5.32 Å². The van der Waals surface area contributed by atoms with Crippen molar-refractivity contribution in [3.63, 3.8) is 0 Å². The highest BCUT2D eigenvalue weighted by Gasteiger charge is 2.13. The SMILES string of the molecule is COc1cc(CNC(=O)c2ccc(C)n2C)ccc1C(=O)O. The lowest BCUT2D eigenvalue weighted by Crippen LogP contribution is -2.25. The van der Waals surface area contributed by atoms with Gasteiger partial charge in [-0.1, -0.05) is 6.07 Å². The van der Waals surface area contributed by atoms with Crippen LogP contribution < -0.4 is 10.1 Å². The number of amides is 1. The maximum Gasteiger partial charge on any atom is 0.339 e. The van der Waals surface area contributed by atoms with E-state index < -0.39 is 5.97 Å². The molecule has 1 aromatic carbocycles. The maximum atomic E-state index is 12.1. The highest BCUT2D eigenvalue weighted by atomic mass is 16.5. The molecule has 0 saturated heterocycles. The molecular formula is C16H18N2O4. The van der Waals surface area contributed by atoms with Crippen LogP contribution in [0.3, 0.4) is 0 Å². The number of hydrogen-bond donors (Lipinski definition) is 2. The van der Waals surface area contributed by atoms with E-state index >= 15 is 0 Å². The molecule has 116 valence electrons. The third kappa shape index (κ3) is 3.11. The van der Waals surface area contributed by atoms with E-state index in [4.69, 9.17) is 9.84 Å². The number of carbonyl (C=O) groups is 2. The zero-order valence-corrected chi connectivity index (χ0v) is 12.7. The molecule has 0 saturated carbocycles. The molecule has 0 unspecified atom stereocenters. The Balaban J connectivity index is 2.10. The Morgan fingerprint density at radius 1 is 1.27 bits per heavy atom. The van der Waals surface area contributed by atoms with Gasteiger partial charge in [-0.3, -0.25) is 4.79 Å². The van der Waals surface area contributed by atoms with Crippen molar-refractivity contribution >= 4 is 11.9 Å². The van der Waals surface area contributed by atoms with E-state index in [1.807, 2.05) is 24.6 Å². The largest absolute Gasteiger partial charge is 0.496 e. The number of aryl methyl sites for hydroxylation is 1. The summed E-state index contributed by atoms with van der Waals surface area (Å²) >= 11 is 0. The Bertz CT molecular complexity index is 719. The van der Waals surface area contributed by atoms with E-state index in [-0.39, 0.29) is 17.2 Å². The number of carboxylic acid groups (broad SMARTS) is 1. The predicted molar refractivity (Wildman–Crippen MR) is 81.3 cm³/mol. The lowest BCUT2D eigenvalue weighted by molar-refractivity contribution is 0.0693. The van der Waals surface area contributed by atoms with Crippen LogP contribution in [-0.2, 0) is 13.6 Å². The van der Waals surface area contributed by atoms with Gasteiger partial charge >= 0.3 is 5.97 Å². The number of hydrogen-bond acceptors (Lipinski definition) is 3. The molecule has 1 aromatic heterocycles. The van der Waals surface area contributed by atoms with Crippen molar-refractivity contribution in [1.82, 2.24) is 9.88 Å². The van der Waals surface area contributed by atoms with Gasteiger partial charge in [0.1, 0.15) is 17.0 Å². The van der Waals surface area contributed by atoms with Gasteiger partial charge in [0.25, 0.3) is 5.91 Å². The minimum atomic E-state index is -1.05. The number of aromatic nitrogens is 1. The average Bonchev–Trinajstić information content (AvgIpc) is 2.84. The van der Waals surface area contributed by atoms with E-state index in [0.29, 0.717) is 12.2 Å². The molecule has 6 heteroatoms. The average molecular weight is 302 g/mol. The van der Waals surface area contributed by atoms with Crippen LogP contribution >= 0.6 is 0 Å². The first-order chi connectivity index (χ1) is 10.4. The number of methoxy groups -OCH3 is 1. The maximum absolute atomic E-state index is 12.1. The number of carboxylic acids is 1. The summed E-state index contributed by atoms with van der Waals surface area (Å²) in [6, 6.07) is 8.37. The first-order valence-corrected chi connectivity index (χ1v) is 6.74. The first kappa shape index (κ1) is 15.6. The van der Waals surface area contributed by atoms with Crippen LogP contribution in [-0.4, -0.2) is 28.7 Å². The van der Waals surface area contributed by atoms with Crippen molar-refractivity contribution in [3.05, 3.63) is 52.8 Å². The number of nitrogens with zero attached hydrogens (tertiary/aromatic N) is 1. The Labute approximate surface area is 128 Å². The fraction of sp³-hybridized carbons (Fsp3) is 0.250. The Morgan fingerprint density at radius 2 is 2.00 bits per heavy atom. The second-order valence-corrected chi connectivity index (χ2v) is 4.94. The minimum Gasteiger partial charge on any atom is -0.496 e. The number of rotatable bonds is 5. The van der Waals surface area contributed by atoms with Crippen molar-refractivity contribution in [2.24, 2.45) is 7.05 Å². The van der Waals surface area contributed by atoms with Crippen molar-refractivity contribution in [2.45, 2.75) is 13.5 Å². The van der Waals surface area contributed by atoms with Crippen LogP contribution in [0.1, 0.15) is 32.1 Å². The van der Waals surface area contributed by atoms with Crippen molar-refractivity contribution in [2.75, 3.05) is 7.11 Å². The molecule has 0 radical (unpaired) electrons. The van der Waals surface area contributed by atoms with Crippen LogP contribution in [0.15, 0.2) is 30.3 Å². The van der Waals surface area contributed by atoms with Crippen LogP contribution in [0.25, 0.3) is 0 Å². The molecule has 2 rings (SSSR count). The summed E-state index contributed by atoms with van der Waals surface area (Å²) in [5, 5.41) is 11.8. The number of ether oxygens (including phenoxy) is 1. The summed E-state index contributed by atoms with van der Waals surface area (Å²) < 4.78 is 6.87. The molecule has 22 heavy (non-hydrogen) atoms. The highest BCUT2D eigenvalue weighted by molar-refractivity contribution is 5.93. The third-order valence-electron chi connectivity index (χ3n) is 3.55. The Hall–Kier alpha value is -2.76. The molecule has 2 N–H and O–H groups in total. The fourth-order valence-corrected chi connectivity index (χ4v) is 2.14. The van der Waals surface area contributed by atoms with Crippen LogP contribution in [0, 0.1) is 6.92 Å². The summed E-state index contributed by atoms with van der Waals surface area (Å²) in [5.74, 6) is -0.961. The van der Waals surface area contributed by atoms with Gasteiger partial charge in [-0.05, 0) is 36.8 Å². The number of carbonyl (C=O) groups excluding carboxylic acids is 1. The van der Waals surface area contributed by atoms with Gasteiger partial charge in [-0.2, -0.15) is 0 Å². The summed E-state index contributed by atoms with van der Waals surface area (Å²) in [7, 11) is 3.24. The topological polar surface area (TPSA) is 80.6 Å². The van der Waals surface area contributed by atoms with E-state index in [9.17, 15) is 9.59 Å².